The maximum atomic E-state index is 10.7. The highest BCUT2D eigenvalue weighted by molar-refractivity contribution is 5.74. The van der Waals surface area contributed by atoms with Gasteiger partial charge in [0.2, 0.25) is 0 Å². The number of amides is 1. The quantitative estimate of drug-likeness (QED) is 0.465. The SMILES string of the molecule is C=CON(C)C(=O)CC.CC. The van der Waals surface area contributed by atoms with Crippen LogP contribution in [0.1, 0.15) is 27.2 Å². The van der Waals surface area contributed by atoms with Crippen LogP contribution in [0.15, 0.2) is 12.8 Å². The Morgan fingerprint density at radius 2 is 2.09 bits per heavy atom. The lowest BCUT2D eigenvalue weighted by molar-refractivity contribution is -0.160. The third-order valence-corrected chi connectivity index (χ3v) is 0.886. The molecule has 0 saturated carbocycles. The average Bonchev–Trinajstić information content (AvgIpc) is 2.07. The topological polar surface area (TPSA) is 29.5 Å². The first-order chi connectivity index (χ1) is 5.22. The highest BCUT2D eigenvalue weighted by Gasteiger charge is 2.02. The van der Waals surface area contributed by atoms with Crippen molar-refractivity contribution >= 4 is 5.91 Å². The van der Waals surface area contributed by atoms with Crippen LogP contribution in [0.2, 0.25) is 0 Å². The minimum atomic E-state index is -0.0603. The molecule has 66 valence electrons. The van der Waals surface area contributed by atoms with Crippen molar-refractivity contribution in [2.24, 2.45) is 0 Å². The molecule has 0 aliphatic carbocycles. The first-order valence-electron chi connectivity index (χ1n) is 3.76. The zero-order chi connectivity index (χ0) is 9.28. The standard InChI is InChI=1S/C6H11NO2.C2H6/c1-4-6(8)7(3)9-5-2;1-2/h5H,2,4H2,1,3H3;1-2H3. The summed E-state index contributed by atoms with van der Waals surface area (Å²) in [5.41, 5.74) is 0. The van der Waals surface area contributed by atoms with E-state index in [1.165, 1.54) is 6.26 Å². The van der Waals surface area contributed by atoms with E-state index in [0.29, 0.717) is 6.42 Å². The summed E-state index contributed by atoms with van der Waals surface area (Å²) in [6, 6.07) is 0. The number of carbonyl (C=O) groups is 1. The van der Waals surface area contributed by atoms with Crippen LogP contribution in [0.3, 0.4) is 0 Å². The molecule has 0 heterocycles. The fourth-order valence-electron chi connectivity index (χ4n) is 0.393. The zero-order valence-corrected chi connectivity index (χ0v) is 7.76. The Morgan fingerprint density at radius 1 is 1.64 bits per heavy atom. The van der Waals surface area contributed by atoms with E-state index < -0.39 is 0 Å². The summed E-state index contributed by atoms with van der Waals surface area (Å²) in [4.78, 5) is 15.3. The van der Waals surface area contributed by atoms with Gasteiger partial charge in [0.15, 0.2) is 0 Å². The van der Waals surface area contributed by atoms with E-state index in [2.05, 4.69) is 11.4 Å². The van der Waals surface area contributed by atoms with Crippen molar-refractivity contribution in [3.8, 4) is 0 Å². The van der Waals surface area contributed by atoms with Crippen molar-refractivity contribution in [3.05, 3.63) is 12.8 Å². The van der Waals surface area contributed by atoms with E-state index in [-0.39, 0.29) is 5.91 Å². The molecule has 0 atom stereocenters. The number of hydrogen-bond donors (Lipinski definition) is 0. The predicted molar refractivity (Wildman–Crippen MR) is 45.7 cm³/mol. The summed E-state index contributed by atoms with van der Waals surface area (Å²) >= 11 is 0. The molecule has 11 heavy (non-hydrogen) atoms. The molecule has 0 fully saturated rings. The monoisotopic (exact) mass is 159 g/mol. The molecule has 3 nitrogen and oxygen atoms in total. The molecule has 0 unspecified atom stereocenters. The third kappa shape index (κ3) is 6.90. The minimum Gasteiger partial charge on any atom is -0.386 e. The van der Waals surface area contributed by atoms with E-state index in [9.17, 15) is 4.79 Å². The molecule has 0 aliphatic rings. The lowest BCUT2D eigenvalue weighted by Gasteiger charge is -2.12. The largest absolute Gasteiger partial charge is 0.386 e. The van der Waals surface area contributed by atoms with Crippen molar-refractivity contribution in [2.45, 2.75) is 27.2 Å². The van der Waals surface area contributed by atoms with Gasteiger partial charge in [-0.3, -0.25) is 4.79 Å². The molecule has 0 aromatic rings. The minimum absolute atomic E-state index is 0.0603. The zero-order valence-electron chi connectivity index (χ0n) is 7.76. The van der Waals surface area contributed by atoms with Crippen molar-refractivity contribution < 1.29 is 9.63 Å². The smallest absolute Gasteiger partial charge is 0.254 e. The van der Waals surface area contributed by atoms with Gasteiger partial charge in [0.25, 0.3) is 5.91 Å². The fourth-order valence-corrected chi connectivity index (χ4v) is 0.393. The molecule has 0 aromatic heterocycles. The second kappa shape index (κ2) is 9.01. The van der Waals surface area contributed by atoms with Gasteiger partial charge in [-0.25, -0.2) is 0 Å². The first-order valence-corrected chi connectivity index (χ1v) is 3.76. The van der Waals surface area contributed by atoms with Crippen LogP contribution in [0.5, 0.6) is 0 Å². The Kier molecular flexibility index (Phi) is 10.4. The Bertz CT molecular complexity index is 113. The van der Waals surface area contributed by atoms with E-state index in [1.54, 1.807) is 14.0 Å². The molecule has 0 saturated heterocycles. The molecule has 0 spiro atoms. The number of hydroxylamine groups is 2. The number of hydrogen-bond acceptors (Lipinski definition) is 2. The normalized spacial score (nSPS) is 7.27. The number of rotatable bonds is 3. The van der Waals surface area contributed by atoms with Crippen molar-refractivity contribution in [1.29, 1.82) is 0 Å². The van der Waals surface area contributed by atoms with Gasteiger partial charge in [0, 0.05) is 13.5 Å². The van der Waals surface area contributed by atoms with E-state index in [0.717, 1.165) is 5.06 Å². The fraction of sp³-hybridized carbons (Fsp3) is 0.625. The van der Waals surface area contributed by atoms with Crippen molar-refractivity contribution in [3.63, 3.8) is 0 Å². The molecule has 0 N–H and O–H groups in total. The van der Waals surface area contributed by atoms with Crippen LogP contribution >= 0.6 is 0 Å². The molecule has 1 amide bonds. The van der Waals surface area contributed by atoms with Gasteiger partial charge in [-0.05, 0) is 0 Å². The van der Waals surface area contributed by atoms with Gasteiger partial charge in [0.1, 0.15) is 6.26 Å². The summed E-state index contributed by atoms with van der Waals surface area (Å²) < 4.78 is 0. The summed E-state index contributed by atoms with van der Waals surface area (Å²) in [5, 5.41) is 1.15. The van der Waals surface area contributed by atoms with Crippen LogP contribution in [-0.4, -0.2) is 18.0 Å². The van der Waals surface area contributed by atoms with Crippen LogP contribution in [0.25, 0.3) is 0 Å². The van der Waals surface area contributed by atoms with E-state index in [4.69, 9.17) is 0 Å². The Morgan fingerprint density at radius 3 is 2.36 bits per heavy atom. The van der Waals surface area contributed by atoms with E-state index >= 15 is 0 Å². The van der Waals surface area contributed by atoms with E-state index in [1.807, 2.05) is 13.8 Å². The summed E-state index contributed by atoms with van der Waals surface area (Å²) in [6.07, 6.45) is 1.66. The van der Waals surface area contributed by atoms with Crippen molar-refractivity contribution in [2.75, 3.05) is 7.05 Å². The van der Waals surface area contributed by atoms with Crippen LogP contribution < -0.4 is 0 Å². The Labute approximate surface area is 68.6 Å². The molecule has 3 heteroatoms. The van der Waals surface area contributed by atoms with Gasteiger partial charge in [-0.1, -0.05) is 27.4 Å². The van der Waals surface area contributed by atoms with Gasteiger partial charge in [0.05, 0.1) is 0 Å². The Hall–Kier alpha value is -0.990. The summed E-state index contributed by atoms with van der Waals surface area (Å²) in [7, 11) is 1.55. The summed E-state index contributed by atoms with van der Waals surface area (Å²) in [6.45, 7) is 9.07. The Balaban J connectivity index is 0. The lowest BCUT2D eigenvalue weighted by atomic mass is 10.5. The van der Waals surface area contributed by atoms with Gasteiger partial charge < -0.3 is 4.84 Å². The lowest BCUT2D eigenvalue weighted by Crippen LogP contribution is -2.23. The van der Waals surface area contributed by atoms with Crippen LogP contribution in [0, 0.1) is 0 Å². The predicted octanol–water partition coefficient (Wildman–Crippen LogP) is 1.96. The second-order valence-corrected chi connectivity index (χ2v) is 1.52. The number of carbonyl (C=O) groups excluding carboxylic acids is 1. The van der Waals surface area contributed by atoms with Crippen LogP contribution in [0.4, 0.5) is 0 Å². The first kappa shape index (κ1) is 12.7. The molecule has 0 bridgehead atoms. The maximum absolute atomic E-state index is 10.7. The molecular weight excluding hydrogens is 142 g/mol. The molecule has 0 rings (SSSR count). The van der Waals surface area contributed by atoms with Crippen LogP contribution in [-0.2, 0) is 9.63 Å². The number of nitrogens with zero attached hydrogens (tertiary/aromatic N) is 1. The van der Waals surface area contributed by atoms with Gasteiger partial charge in [-0.15, -0.1) is 0 Å². The van der Waals surface area contributed by atoms with Gasteiger partial charge in [-0.2, -0.15) is 5.06 Å². The van der Waals surface area contributed by atoms with Crippen molar-refractivity contribution in [1.82, 2.24) is 5.06 Å². The molecule has 0 aliphatic heterocycles. The molecular formula is C8H17NO2. The maximum Gasteiger partial charge on any atom is 0.254 e. The highest BCUT2D eigenvalue weighted by Crippen LogP contribution is 1.89. The highest BCUT2D eigenvalue weighted by atomic mass is 16.7. The molecule has 0 aromatic carbocycles. The average molecular weight is 159 g/mol. The second-order valence-electron chi connectivity index (χ2n) is 1.52. The summed E-state index contributed by atoms with van der Waals surface area (Å²) in [5.74, 6) is -0.0603. The third-order valence-electron chi connectivity index (χ3n) is 0.886. The van der Waals surface area contributed by atoms with Gasteiger partial charge >= 0.3 is 0 Å². The molecule has 0 radical (unpaired) electrons.